The summed E-state index contributed by atoms with van der Waals surface area (Å²) in [5.74, 6) is 2.48. The van der Waals surface area contributed by atoms with Gasteiger partial charge in [-0.3, -0.25) is 0 Å². The van der Waals surface area contributed by atoms with Crippen molar-refractivity contribution < 1.29 is 14.2 Å². The smallest absolute Gasteiger partial charge is 0.250 e. The van der Waals surface area contributed by atoms with Gasteiger partial charge < -0.3 is 24.0 Å². The topological polar surface area (TPSA) is 97.2 Å². The van der Waals surface area contributed by atoms with Crippen molar-refractivity contribution in [2.75, 3.05) is 74.9 Å². The highest BCUT2D eigenvalue weighted by molar-refractivity contribution is 5.80. The molecule has 0 bridgehead atoms. The fourth-order valence-electron chi connectivity index (χ4n) is 3.07. The molecule has 10 nitrogen and oxygen atoms in total. The molecule has 2 fully saturated rings. The van der Waals surface area contributed by atoms with Crippen LogP contribution in [-0.2, 0) is 9.47 Å². The van der Waals surface area contributed by atoms with Gasteiger partial charge in [-0.15, -0.1) is 0 Å². The van der Waals surface area contributed by atoms with E-state index in [0.29, 0.717) is 44.3 Å². The van der Waals surface area contributed by atoms with E-state index in [9.17, 15) is 0 Å². The number of morpholine rings is 2. The van der Waals surface area contributed by atoms with E-state index in [2.05, 4.69) is 35.3 Å². The van der Waals surface area contributed by atoms with Crippen molar-refractivity contribution in [1.82, 2.24) is 15.0 Å². The summed E-state index contributed by atoms with van der Waals surface area (Å²) in [5, 5.41) is 4.28. The fourth-order valence-corrected chi connectivity index (χ4v) is 3.07. The van der Waals surface area contributed by atoms with E-state index in [1.165, 1.54) is 0 Å². The molecule has 0 amide bonds. The summed E-state index contributed by atoms with van der Waals surface area (Å²) >= 11 is 0. The lowest BCUT2D eigenvalue weighted by Gasteiger charge is -2.30. The number of hydrogen-bond acceptors (Lipinski definition) is 10. The Morgan fingerprint density at radius 1 is 0.897 bits per heavy atom. The van der Waals surface area contributed by atoms with Crippen LogP contribution in [0.5, 0.6) is 5.75 Å². The second kappa shape index (κ2) is 9.48. The number of methoxy groups -OCH3 is 1. The molecule has 1 aromatic carbocycles. The van der Waals surface area contributed by atoms with Crippen LogP contribution in [-0.4, -0.2) is 80.9 Å². The predicted molar refractivity (Wildman–Crippen MR) is 110 cm³/mol. The quantitative estimate of drug-likeness (QED) is 0.563. The van der Waals surface area contributed by atoms with Gasteiger partial charge in [-0.2, -0.15) is 20.1 Å². The summed E-state index contributed by atoms with van der Waals surface area (Å²) in [6.07, 6.45) is 1.71. The molecule has 1 N–H and O–H groups in total. The molecule has 0 atom stereocenters. The van der Waals surface area contributed by atoms with Crippen LogP contribution in [0.4, 0.5) is 17.8 Å². The molecular formula is C19H25N7O3. The van der Waals surface area contributed by atoms with Gasteiger partial charge in [0, 0.05) is 26.2 Å². The first-order valence-corrected chi connectivity index (χ1v) is 9.66. The van der Waals surface area contributed by atoms with Crippen LogP contribution in [0.25, 0.3) is 0 Å². The highest BCUT2D eigenvalue weighted by Gasteiger charge is 2.20. The molecule has 2 saturated heterocycles. The highest BCUT2D eigenvalue weighted by atomic mass is 16.5. The molecule has 2 aliphatic rings. The van der Waals surface area contributed by atoms with Gasteiger partial charge in [0.2, 0.25) is 17.8 Å². The molecule has 0 radical (unpaired) electrons. The van der Waals surface area contributed by atoms with E-state index in [-0.39, 0.29) is 0 Å². The van der Waals surface area contributed by atoms with Crippen molar-refractivity contribution in [2.45, 2.75) is 0 Å². The summed E-state index contributed by atoms with van der Waals surface area (Å²) in [6, 6.07) is 7.63. The number of rotatable bonds is 6. The zero-order valence-electron chi connectivity index (χ0n) is 16.5. The maximum atomic E-state index is 5.44. The molecule has 4 rings (SSSR count). The fraction of sp³-hybridized carbons (Fsp3) is 0.474. The highest BCUT2D eigenvalue weighted by Crippen LogP contribution is 2.18. The number of hydrazone groups is 1. The SMILES string of the molecule is COc1ccc(/C=N/Nc2nc(N3CCOCC3)nc(N3CCOCC3)n2)cc1. The lowest BCUT2D eigenvalue weighted by molar-refractivity contribution is 0.121. The molecule has 0 saturated carbocycles. The monoisotopic (exact) mass is 399 g/mol. The Hall–Kier alpha value is -2.98. The zero-order chi connectivity index (χ0) is 19.9. The summed E-state index contributed by atoms with van der Waals surface area (Å²) in [4.78, 5) is 18.0. The minimum Gasteiger partial charge on any atom is -0.497 e. The minimum absolute atomic E-state index is 0.410. The van der Waals surface area contributed by atoms with E-state index >= 15 is 0 Å². The van der Waals surface area contributed by atoms with Crippen LogP contribution in [0.15, 0.2) is 29.4 Å². The van der Waals surface area contributed by atoms with E-state index in [4.69, 9.17) is 14.2 Å². The number of hydrogen-bond donors (Lipinski definition) is 1. The second-order valence-electron chi connectivity index (χ2n) is 6.60. The van der Waals surface area contributed by atoms with Crippen LogP contribution in [0, 0.1) is 0 Å². The molecule has 3 heterocycles. The lowest BCUT2D eigenvalue weighted by atomic mass is 10.2. The summed E-state index contributed by atoms with van der Waals surface area (Å²) in [6.45, 7) is 5.66. The molecule has 1 aromatic heterocycles. The van der Waals surface area contributed by atoms with Crippen LogP contribution in [0.1, 0.15) is 5.56 Å². The first kappa shape index (κ1) is 19.3. The average molecular weight is 399 g/mol. The molecule has 10 heteroatoms. The van der Waals surface area contributed by atoms with Crippen molar-refractivity contribution >= 4 is 24.1 Å². The Morgan fingerprint density at radius 2 is 1.45 bits per heavy atom. The Bertz CT molecular complexity index is 783. The Kier molecular flexibility index (Phi) is 6.32. The standard InChI is InChI=1S/C19H25N7O3/c1-27-16-4-2-15(3-5-16)14-20-24-17-21-18(25-6-10-28-11-7-25)23-19(22-17)26-8-12-29-13-9-26/h2-5,14H,6-13H2,1H3,(H,21,22,23,24)/b20-14+. The largest absolute Gasteiger partial charge is 0.497 e. The number of nitrogens with zero attached hydrogens (tertiary/aromatic N) is 6. The molecule has 0 unspecified atom stereocenters. The van der Waals surface area contributed by atoms with Gasteiger partial charge in [-0.25, -0.2) is 5.43 Å². The molecule has 154 valence electrons. The molecular weight excluding hydrogens is 374 g/mol. The summed E-state index contributed by atoms with van der Waals surface area (Å²) in [7, 11) is 1.64. The minimum atomic E-state index is 0.410. The maximum Gasteiger partial charge on any atom is 0.250 e. The van der Waals surface area contributed by atoms with Crippen molar-refractivity contribution in [3.05, 3.63) is 29.8 Å². The molecule has 0 aliphatic carbocycles. The number of benzene rings is 1. The average Bonchev–Trinajstić information content (AvgIpc) is 2.80. The Morgan fingerprint density at radius 3 is 1.97 bits per heavy atom. The normalized spacial score (nSPS) is 17.6. The number of anilines is 3. The van der Waals surface area contributed by atoms with Crippen molar-refractivity contribution in [2.24, 2.45) is 5.10 Å². The molecule has 0 spiro atoms. The zero-order valence-corrected chi connectivity index (χ0v) is 16.5. The van der Waals surface area contributed by atoms with Gasteiger partial charge in [0.25, 0.3) is 0 Å². The van der Waals surface area contributed by atoms with Crippen LogP contribution >= 0.6 is 0 Å². The van der Waals surface area contributed by atoms with Crippen molar-refractivity contribution in [3.63, 3.8) is 0 Å². The summed E-state index contributed by atoms with van der Waals surface area (Å²) in [5.41, 5.74) is 3.88. The first-order chi connectivity index (χ1) is 14.3. The molecule has 2 aliphatic heterocycles. The third kappa shape index (κ3) is 5.09. The van der Waals surface area contributed by atoms with Gasteiger partial charge >= 0.3 is 0 Å². The molecule has 29 heavy (non-hydrogen) atoms. The number of nitrogens with one attached hydrogen (secondary N) is 1. The Labute approximate surface area is 169 Å². The van der Waals surface area contributed by atoms with E-state index < -0.39 is 0 Å². The van der Waals surface area contributed by atoms with Crippen LogP contribution in [0.2, 0.25) is 0 Å². The molecule has 2 aromatic rings. The predicted octanol–water partition coefficient (Wildman–Crippen LogP) is 0.999. The Balaban J connectivity index is 1.52. The van der Waals surface area contributed by atoms with Gasteiger partial charge in [-0.1, -0.05) is 0 Å². The van der Waals surface area contributed by atoms with Gasteiger partial charge in [0.15, 0.2) is 0 Å². The van der Waals surface area contributed by atoms with E-state index in [1.807, 2.05) is 24.3 Å². The lowest BCUT2D eigenvalue weighted by Crippen LogP contribution is -2.40. The number of ether oxygens (including phenoxy) is 3. The van der Waals surface area contributed by atoms with Crippen LogP contribution in [0.3, 0.4) is 0 Å². The first-order valence-electron chi connectivity index (χ1n) is 9.66. The van der Waals surface area contributed by atoms with E-state index in [0.717, 1.165) is 37.5 Å². The van der Waals surface area contributed by atoms with Gasteiger partial charge in [-0.05, 0) is 29.8 Å². The van der Waals surface area contributed by atoms with Gasteiger partial charge in [0.1, 0.15) is 5.75 Å². The number of aromatic nitrogens is 3. The van der Waals surface area contributed by atoms with Crippen LogP contribution < -0.4 is 20.0 Å². The third-order valence-electron chi connectivity index (χ3n) is 4.69. The maximum absolute atomic E-state index is 5.44. The van der Waals surface area contributed by atoms with E-state index in [1.54, 1.807) is 13.3 Å². The van der Waals surface area contributed by atoms with Gasteiger partial charge in [0.05, 0.1) is 39.8 Å². The third-order valence-corrected chi connectivity index (χ3v) is 4.69. The second-order valence-corrected chi connectivity index (χ2v) is 6.60. The summed E-state index contributed by atoms with van der Waals surface area (Å²) < 4.78 is 16.1. The van der Waals surface area contributed by atoms with Crippen molar-refractivity contribution in [3.8, 4) is 5.75 Å². The van der Waals surface area contributed by atoms with Crippen molar-refractivity contribution in [1.29, 1.82) is 0 Å².